The van der Waals surface area contributed by atoms with Crippen molar-refractivity contribution in [1.29, 1.82) is 0 Å². The van der Waals surface area contributed by atoms with Gasteiger partial charge < -0.3 is 15.8 Å². The van der Waals surface area contributed by atoms with E-state index in [1.165, 1.54) is 7.11 Å². The average Bonchev–Trinajstić information content (AvgIpc) is 2.92. The molecule has 0 aliphatic rings. The van der Waals surface area contributed by atoms with Gasteiger partial charge in [0.2, 0.25) is 5.91 Å². The first-order valence-corrected chi connectivity index (χ1v) is 6.65. The van der Waals surface area contributed by atoms with Crippen LogP contribution in [0, 0.1) is 0 Å². The van der Waals surface area contributed by atoms with Crippen molar-refractivity contribution in [2.45, 2.75) is 19.1 Å². The maximum absolute atomic E-state index is 11.8. The highest BCUT2D eigenvalue weighted by Gasteiger charge is 2.12. The first-order chi connectivity index (χ1) is 10.2. The minimum atomic E-state index is -0.267. The summed E-state index contributed by atoms with van der Waals surface area (Å²) in [7, 11) is 1.54. The zero-order valence-corrected chi connectivity index (χ0v) is 14.3. The number of ether oxygens (including phenoxy) is 1. The molecule has 0 radical (unpaired) electrons. The van der Waals surface area contributed by atoms with Crippen molar-refractivity contribution in [3.63, 3.8) is 0 Å². The van der Waals surface area contributed by atoms with Crippen molar-refractivity contribution in [2.75, 3.05) is 19.0 Å². The van der Waals surface area contributed by atoms with Gasteiger partial charge in [-0.25, -0.2) is 0 Å². The fourth-order valence-corrected chi connectivity index (χ4v) is 1.87. The number of carbonyl (C=O) groups excluding carboxylic acids is 1. The molecule has 128 valence electrons. The Morgan fingerprint density at radius 1 is 1.39 bits per heavy atom. The second-order valence-corrected chi connectivity index (χ2v) is 4.63. The molecule has 0 fully saturated rings. The van der Waals surface area contributed by atoms with Crippen molar-refractivity contribution in [2.24, 2.45) is 5.73 Å². The monoisotopic (exact) mass is 361 g/mol. The lowest BCUT2D eigenvalue weighted by atomic mass is 10.2. The van der Waals surface area contributed by atoms with Crippen LogP contribution in [-0.2, 0) is 16.1 Å². The molecule has 23 heavy (non-hydrogen) atoms. The van der Waals surface area contributed by atoms with Crippen molar-refractivity contribution in [3.8, 4) is 0 Å². The van der Waals surface area contributed by atoms with E-state index in [1.807, 2.05) is 12.1 Å². The highest BCUT2D eigenvalue weighted by Crippen LogP contribution is 2.08. The molecule has 2 rings (SSSR count). The van der Waals surface area contributed by atoms with Crippen molar-refractivity contribution < 1.29 is 9.53 Å². The molecule has 7 nitrogen and oxygen atoms in total. The van der Waals surface area contributed by atoms with E-state index in [0.29, 0.717) is 18.8 Å². The van der Waals surface area contributed by atoms with Crippen LogP contribution < -0.4 is 11.1 Å². The Hall–Kier alpha value is -1.67. The fraction of sp³-hybridized carbons (Fsp3) is 0.357. The van der Waals surface area contributed by atoms with E-state index in [2.05, 4.69) is 15.4 Å². The van der Waals surface area contributed by atoms with Crippen molar-refractivity contribution in [3.05, 3.63) is 42.5 Å². The Bertz CT molecular complexity index is 576. The highest BCUT2D eigenvalue weighted by atomic mass is 35.5. The number of halogens is 2. The van der Waals surface area contributed by atoms with E-state index in [4.69, 9.17) is 10.5 Å². The average molecular weight is 362 g/mol. The number of anilines is 1. The first kappa shape index (κ1) is 21.3. The summed E-state index contributed by atoms with van der Waals surface area (Å²) in [5.74, 6) is -0.143. The second kappa shape index (κ2) is 11.0. The van der Waals surface area contributed by atoms with Crippen LogP contribution in [0.15, 0.2) is 36.9 Å². The fourth-order valence-electron chi connectivity index (χ4n) is 1.87. The molecule has 0 saturated heterocycles. The molecule has 0 saturated carbocycles. The lowest BCUT2D eigenvalue weighted by molar-refractivity contribution is -0.118. The van der Waals surface area contributed by atoms with Crippen LogP contribution in [0.2, 0.25) is 0 Å². The van der Waals surface area contributed by atoms with Crippen molar-refractivity contribution in [1.82, 2.24) is 14.8 Å². The molecule has 2 aromatic heterocycles. The lowest BCUT2D eigenvalue weighted by Crippen LogP contribution is -2.28. The van der Waals surface area contributed by atoms with Crippen LogP contribution >= 0.6 is 24.8 Å². The van der Waals surface area contributed by atoms with Gasteiger partial charge in [0.05, 0.1) is 31.0 Å². The number of carbonyl (C=O) groups is 1. The molecule has 9 heteroatoms. The molecule has 0 aromatic carbocycles. The first-order valence-electron chi connectivity index (χ1n) is 6.65. The van der Waals surface area contributed by atoms with E-state index in [9.17, 15) is 4.79 Å². The predicted octanol–water partition coefficient (Wildman–Crippen LogP) is 1.47. The molecule has 1 atom stereocenters. The molecular weight excluding hydrogens is 341 g/mol. The summed E-state index contributed by atoms with van der Waals surface area (Å²) in [6.45, 7) is 0.938. The van der Waals surface area contributed by atoms with E-state index < -0.39 is 0 Å². The van der Waals surface area contributed by atoms with Gasteiger partial charge in [0, 0.05) is 32.2 Å². The third kappa shape index (κ3) is 6.96. The molecule has 1 unspecified atom stereocenters. The lowest BCUT2D eigenvalue weighted by Gasteiger charge is -2.11. The van der Waals surface area contributed by atoms with E-state index >= 15 is 0 Å². The minimum Gasteiger partial charge on any atom is -0.380 e. The van der Waals surface area contributed by atoms with Crippen LogP contribution in [0.5, 0.6) is 0 Å². The Morgan fingerprint density at radius 3 is 2.70 bits per heavy atom. The van der Waals surface area contributed by atoms with Gasteiger partial charge in [0.15, 0.2) is 0 Å². The van der Waals surface area contributed by atoms with Gasteiger partial charge in [-0.3, -0.25) is 14.5 Å². The molecule has 0 spiro atoms. The highest BCUT2D eigenvalue weighted by molar-refractivity contribution is 5.90. The normalized spacial score (nSPS) is 11.0. The molecule has 3 N–H and O–H groups in total. The van der Waals surface area contributed by atoms with Crippen LogP contribution in [0.4, 0.5) is 5.69 Å². The van der Waals surface area contributed by atoms with Crippen LogP contribution in [0.25, 0.3) is 0 Å². The maximum atomic E-state index is 11.8. The quantitative estimate of drug-likeness (QED) is 0.778. The molecular formula is C14H21Cl2N5O2. The summed E-state index contributed by atoms with van der Waals surface area (Å²) in [6.07, 6.45) is 6.82. The molecule has 0 aliphatic carbocycles. The summed E-state index contributed by atoms with van der Waals surface area (Å²) >= 11 is 0. The van der Waals surface area contributed by atoms with Gasteiger partial charge in [-0.15, -0.1) is 24.8 Å². The number of pyridine rings is 1. The molecule has 0 bridgehead atoms. The minimum absolute atomic E-state index is 0. The molecule has 1 amide bonds. The van der Waals surface area contributed by atoms with Gasteiger partial charge >= 0.3 is 0 Å². The second-order valence-electron chi connectivity index (χ2n) is 4.63. The Balaban J connectivity index is 0.00000242. The van der Waals surface area contributed by atoms with Crippen LogP contribution in [0.1, 0.15) is 12.0 Å². The van der Waals surface area contributed by atoms with E-state index in [0.717, 1.165) is 5.56 Å². The van der Waals surface area contributed by atoms with Crippen molar-refractivity contribution >= 4 is 36.4 Å². The third-order valence-corrected chi connectivity index (χ3v) is 3.02. The van der Waals surface area contributed by atoms with Crippen LogP contribution in [0.3, 0.4) is 0 Å². The predicted molar refractivity (Wildman–Crippen MR) is 93.2 cm³/mol. The number of hydrogen-bond donors (Lipinski definition) is 2. The summed E-state index contributed by atoms with van der Waals surface area (Å²) in [5.41, 5.74) is 7.23. The number of aromatic nitrogens is 3. The van der Waals surface area contributed by atoms with Gasteiger partial charge in [0.25, 0.3) is 0 Å². The van der Waals surface area contributed by atoms with E-state index in [-0.39, 0.29) is 43.2 Å². The number of nitrogens with two attached hydrogens (primary N) is 1. The number of rotatable bonds is 7. The summed E-state index contributed by atoms with van der Waals surface area (Å²) < 4.78 is 6.83. The summed E-state index contributed by atoms with van der Waals surface area (Å²) in [4.78, 5) is 15.8. The third-order valence-electron chi connectivity index (χ3n) is 3.02. The Labute approximate surface area is 147 Å². The zero-order valence-electron chi connectivity index (χ0n) is 12.7. The molecule has 0 aliphatic heterocycles. The SMILES string of the molecule is COC(CN)CC(=O)Nc1cnn(Cc2ccncc2)c1.Cl.Cl. The number of hydrogen-bond acceptors (Lipinski definition) is 5. The molecule has 2 aromatic rings. The van der Waals surface area contributed by atoms with E-state index in [1.54, 1.807) is 29.5 Å². The maximum Gasteiger partial charge on any atom is 0.227 e. The number of amides is 1. The zero-order chi connectivity index (χ0) is 15.1. The number of nitrogens with one attached hydrogen (secondary N) is 1. The van der Waals surface area contributed by atoms with Gasteiger partial charge in [0.1, 0.15) is 0 Å². The Kier molecular flexibility index (Phi) is 10.2. The summed E-state index contributed by atoms with van der Waals surface area (Å²) in [6, 6.07) is 3.84. The number of methoxy groups -OCH3 is 1. The van der Waals surface area contributed by atoms with Gasteiger partial charge in [-0.05, 0) is 17.7 Å². The summed E-state index contributed by atoms with van der Waals surface area (Å²) in [5, 5.41) is 6.99. The number of nitrogens with zero attached hydrogens (tertiary/aromatic N) is 3. The van der Waals surface area contributed by atoms with Gasteiger partial charge in [-0.2, -0.15) is 5.10 Å². The topological polar surface area (TPSA) is 95.1 Å². The molecule has 2 heterocycles. The Morgan fingerprint density at radius 2 is 2.09 bits per heavy atom. The largest absolute Gasteiger partial charge is 0.380 e. The standard InChI is InChI=1S/C14H19N5O2.2ClH/c1-21-13(7-15)6-14(20)18-12-8-17-19(10-12)9-11-2-4-16-5-3-11;;/h2-5,8,10,13H,6-7,9,15H2,1H3,(H,18,20);2*1H. The van der Waals surface area contributed by atoms with Gasteiger partial charge in [-0.1, -0.05) is 0 Å². The van der Waals surface area contributed by atoms with Crippen LogP contribution in [-0.4, -0.2) is 40.4 Å². The smallest absolute Gasteiger partial charge is 0.227 e.